The normalized spacial score (nSPS) is 10.8. The molecule has 2 heterocycles. The molecule has 0 spiro atoms. The fraction of sp³-hybridized carbons (Fsp3) is 0.250. The zero-order valence-electron chi connectivity index (χ0n) is 13.4. The van der Waals surface area contributed by atoms with Crippen LogP contribution in [0.3, 0.4) is 0 Å². The molecule has 3 rings (SSSR count). The molecule has 1 N–H and O–H groups in total. The second-order valence-electron chi connectivity index (χ2n) is 4.88. The lowest BCUT2D eigenvalue weighted by Crippen LogP contribution is -2.19. The first kappa shape index (κ1) is 16.3. The van der Waals surface area contributed by atoms with Crippen LogP contribution in [-0.2, 0) is 4.79 Å². The van der Waals surface area contributed by atoms with E-state index in [4.69, 9.17) is 4.74 Å². The Kier molecular flexibility index (Phi) is 4.95. The van der Waals surface area contributed by atoms with Gasteiger partial charge in [0.2, 0.25) is 5.91 Å². The largest absolute Gasteiger partial charge is 0.494 e. The molecule has 1 amide bonds. The third-order valence-electron chi connectivity index (χ3n) is 3.29. The van der Waals surface area contributed by atoms with Gasteiger partial charge in [-0.2, -0.15) is 9.61 Å². The van der Waals surface area contributed by atoms with Gasteiger partial charge in [-0.15, -0.1) is 10.2 Å². The first-order valence-corrected chi connectivity index (χ1v) is 8.49. The topological polar surface area (TPSA) is 81.4 Å². The zero-order valence-corrected chi connectivity index (χ0v) is 14.2. The Morgan fingerprint density at radius 3 is 2.71 bits per heavy atom. The third-order valence-corrected chi connectivity index (χ3v) is 4.21. The Hall–Kier alpha value is -2.61. The maximum absolute atomic E-state index is 11.4. The molecule has 7 nitrogen and oxygen atoms in total. The van der Waals surface area contributed by atoms with Crippen molar-refractivity contribution in [3.8, 4) is 17.1 Å². The van der Waals surface area contributed by atoms with Gasteiger partial charge in [-0.05, 0) is 43.3 Å². The highest BCUT2D eigenvalue weighted by Gasteiger charge is 2.11. The fourth-order valence-corrected chi connectivity index (χ4v) is 2.83. The molecule has 0 aliphatic heterocycles. The first-order valence-electron chi connectivity index (χ1n) is 7.50. The quantitative estimate of drug-likeness (QED) is 0.690. The minimum absolute atomic E-state index is 0.0441. The predicted octanol–water partition coefficient (Wildman–Crippen LogP) is 2.03. The van der Waals surface area contributed by atoms with E-state index in [9.17, 15) is 4.79 Å². The molecule has 0 radical (unpaired) electrons. The van der Waals surface area contributed by atoms with Crippen LogP contribution in [-0.4, -0.2) is 45.1 Å². The number of aromatic nitrogens is 4. The van der Waals surface area contributed by atoms with Gasteiger partial charge in [-0.25, -0.2) is 0 Å². The lowest BCUT2D eigenvalue weighted by Gasteiger charge is -2.05. The molecular formula is C16H17N5O2S. The number of benzene rings is 1. The van der Waals surface area contributed by atoms with Crippen molar-refractivity contribution in [2.75, 3.05) is 19.4 Å². The number of thioether (sulfide) groups is 1. The van der Waals surface area contributed by atoms with Crippen LogP contribution in [0.5, 0.6) is 5.75 Å². The number of amides is 1. The van der Waals surface area contributed by atoms with Gasteiger partial charge in [0.05, 0.1) is 12.4 Å². The van der Waals surface area contributed by atoms with Crippen molar-refractivity contribution in [3.05, 3.63) is 36.4 Å². The minimum Gasteiger partial charge on any atom is -0.494 e. The van der Waals surface area contributed by atoms with Crippen LogP contribution >= 0.6 is 11.8 Å². The van der Waals surface area contributed by atoms with Gasteiger partial charge in [0.1, 0.15) is 10.8 Å². The van der Waals surface area contributed by atoms with Crippen LogP contribution in [0.2, 0.25) is 0 Å². The summed E-state index contributed by atoms with van der Waals surface area (Å²) < 4.78 is 7.13. The molecule has 0 bridgehead atoms. The van der Waals surface area contributed by atoms with Gasteiger partial charge < -0.3 is 10.1 Å². The van der Waals surface area contributed by atoms with Crippen LogP contribution in [0.1, 0.15) is 6.92 Å². The molecule has 0 aliphatic carbocycles. The van der Waals surface area contributed by atoms with Gasteiger partial charge in [0, 0.05) is 12.6 Å². The van der Waals surface area contributed by atoms with E-state index >= 15 is 0 Å². The number of nitrogens with zero attached hydrogens (tertiary/aromatic N) is 4. The lowest BCUT2D eigenvalue weighted by atomic mass is 10.2. The van der Waals surface area contributed by atoms with Gasteiger partial charge in [0.25, 0.3) is 0 Å². The summed E-state index contributed by atoms with van der Waals surface area (Å²) in [7, 11) is 1.61. The highest BCUT2D eigenvalue weighted by Crippen LogP contribution is 2.22. The molecule has 3 aromatic rings. The average Bonchev–Trinajstić information content (AvgIpc) is 3.04. The van der Waals surface area contributed by atoms with E-state index in [0.29, 0.717) is 23.8 Å². The molecule has 24 heavy (non-hydrogen) atoms. The first-order chi connectivity index (χ1) is 11.7. The lowest BCUT2D eigenvalue weighted by molar-refractivity contribution is -0.118. The van der Waals surface area contributed by atoms with Crippen LogP contribution in [0.15, 0.2) is 41.4 Å². The van der Waals surface area contributed by atoms with Crippen molar-refractivity contribution in [1.82, 2.24) is 25.1 Å². The molecule has 8 heteroatoms. The van der Waals surface area contributed by atoms with Gasteiger partial charge in [-0.3, -0.25) is 4.79 Å². The van der Waals surface area contributed by atoms with E-state index in [2.05, 4.69) is 20.6 Å². The summed E-state index contributed by atoms with van der Waals surface area (Å²) in [5.41, 5.74) is 1.55. The Morgan fingerprint density at radius 2 is 2.00 bits per heavy atom. The van der Waals surface area contributed by atoms with Crippen molar-refractivity contribution in [2.45, 2.75) is 11.9 Å². The van der Waals surface area contributed by atoms with Crippen LogP contribution in [0.4, 0.5) is 0 Å². The molecular weight excluding hydrogens is 326 g/mol. The number of rotatable bonds is 6. The Bertz CT molecular complexity index is 847. The monoisotopic (exact) mass is 343 g/mol. The summed E-state index contributed by atoms with van der Waals surface area (Å²) in [4.78, 5) is 11.4. The van der Waals surface area contributed by atoms with E-state index in [1.165, 1.54) is 11.8 Å². The number of hydrogen-bond acceptors (Lipinski definition) is 6. The maximum atomic E-state index is 11.4. The summed E-state index contributed by atoms with van der Waals surface area (Å²) in [5, 5.41) is 16.2. The molecule has 124 valence electrons. The molecule has 0 atom stereocenters. The van der Waals surface area contributed by atoms with Crippen molar-refractivity contribution in [1.29, 1.82) is 0 Å². The second kappa shape index (κ2) is 7.31. The van der Waals surface area contributed by atoms with E-state index in [0.717, 1.165) is 16.3 Å². The number of ether oxygens (including phenoxy) is 1. The fourth-order valence-electron chi connectivity index (χ4n) is 2.11. The smallest absolute Gasteiger partial charge is 0.230 e. The summed E-state index contributed by atoms with van der Waals surface area (Å²) >= 11 is 1.36. The van der Waals surface area contributed by atoms with Gasteiger partial charge in [0.15, 0.2) is 11.5 Å². The number of carbonyl (C=O) groups is 1. The van der Waals surface area contributed by atoms with Crippen LogP contribution < -0.4 is 10.1 Å². The molecule has 1 aromatic carbocycles. The summed E-state index contributed by atoms with van der Waals surface area (Å²) in [6.45, 7) is 2.57. The van der Waals surface area contributed by atoms with Crippen LogP contribution in [0.25, 0.3) is 17.0 Å². The highest BCUT2D eigenvalue weighted by molar-refractivity contribution is 7.99. The molecule has 2 aromatic heterocycles. The molecule has 0 saturated carbocycles. The standard InChI is InChI=1S/C16H17N5O2S/c1-3-23-12-6-4-11(5-7-12)16-19-18-13-8-9-15(20-21(13)16)24-10-14(22)17-2/h4-9H,3,10H2,1-2H3,(H,17,22). The molecule has 0 aliphatic rings. The number of hydrogen-bond donors (Lipinski definition) is 1. The third kappa shape index (κ3) is 3.48. The number of nitrogens with one attached hydrogen (secondary N) is 1. The van der Waals surface area contributed by atoms with Crippen molar-refractivity contribution in [2.24, 2.45) is 0 Å². The Morgan fingerprint density at radius 1 is 1.21 bits per heavy atom. The second-order valence-corrected chi connectivity index (χ2v) is 5.88. The highest BCUT2D eigenvalue weighted by atomic mass is 32.2. The molecule has 0 fully saturated rings. The van der Waals surface area contributed by atoms with E-state index in [1.807, 2.05) is 43.3 Å². The number of fused-ring (bicyclic) bond motifs is 1. The van der Waals surface area contributed by atoms with Gasteiger partial charge in [-0.1, -0.05) is 11.8 Å². The zero-order chi connectivity index (χ0) is 16.9. The van der Waals surface area contributed by atoms with Crippen LogP contribution in [0, 0.1) is 0 Å². The Labute approximate surface area is 143 Å². The minimum atomic E-state index is -0.0441. The summed E-state index contributed by atoms with van der Waals surface area (Å²) in [6, 6.07) is 11.3. The maximum Gasteiger partial charge on any atom is 0.230 e. The van der Waals surface area contributed by atoms with Gasteiger partial charge >= 0.3 is 0 Å². The molecule has 0 unspecified atom stereocenters. The van der Waals surface area contributed by atoms with Crippen molar-refractivity contribution < 1.29 is 9.53 Å². The Balaban J connectivity index is 1.89. The van der Waals surface area contributed by atoms with E-state index < -0.39 is 0 Å². The van der Waals surface area contributed by atoms with Crippen molar-refractivity contribution >= 4 is 23.3 Å². The van der Waals surface area contributed by atoms with Crippen molar-refractivity contribution in [3.63, 3.8) is 0 Å². The summed E-state index contributed by atoms with van der Waals surface area (Å²) in [5.74, 6) is 1.73. The average molecular weight is 343 g/mol. The van der Waals surface area contributed by atoms with E-state index in [1.54, 1.807) is 11.6 Å². The van der Waals surface area contributed by atoms with E-state index in [-0.39, 0.29) is 5.91 Å². The molecule has 0 saturated heterocycles. The number of carbonyl (C=O) groups excluding carboxylic acids is 1. The SMILES string of the molecule is CCOc1ccc(-c2nnc3ccc(SCC(=O)NC)nn23)cc1. The summed E-state index contributed by atoms with van der Waals surface area (Å²) in [6.07, 6.45) is 0. The predicted molar refractivity (Wildman–Crippen MR) is 92.2 cm³/mol.